The van der Waals surface area contributed by atoms with E-state index in [0.717, 1.165) is 57.9 Å². The molecule has 6 nitrogen and oxygen atoms in total. The lowest BCUT2D eigenvalue weighted by Crippen LogP contribution is -2.43. The first-order valence-corrected chi connectivity index (χ1v) is 8.85. The van der Waals surface area contributed by atoms with Crippen LogP contribution in [0.2, 0.25) is 0 Å². The van der Waals surface area contributed by atoms with Crippen molar-refractivity contribution in [2.75, 3.05) is 32.7 Å². The maximum absolute atomic E-state index is 12.2. The van der Waals surface area contributed by atoms with Crippen LogP contribution in [0, 0.1) is 5.92 Å². The highest BCUT2D eigenvalue weighted by molar-refractivity contribution is 5.79. The molecule has 1 fully saturated rings. The number of hydrogen-bond donors (Lipinski definition) is 2. The Morgan fingerprint density at radius 3 is 2.48 bits per heavy atom. The molecular formula is C17H34N4O2. The van der Waals surface area contributed by atoms with Crippen LogP contribution >= 0.6 is 0 Å². The molecule has 0 spiro atoms. The summed E-state index contributed by atoms with van der Waals surface area (Å²) in [6, 6.07) is 0. The molecule has 1 saturated heterocycles. The zero-order valence-corrected chi connectivity index (χ0v) is 15.4. The van der Waals surface area contributed by atoms with Gasteiger partial charge in [-0.1, -0.05) is 0 Å². The molecule has 23 heavy (non-hydrogen) atoms. The molecule has 6 heteroatoms. The number of rotatable bonds is 5. The van der Waals surface area contributed by atoms with Crippen LogP contribution in [0.4, 0.5) is 4.79 Å². The van der Waals surface area contributed by atoms with Gasteiger partial charge in [0.2, 0.25) is 0 Å². The number of carbonyl (C=O) groups is 1. The van der Waals surface area contributed by atoms with Gasteiger partial charge in [-0.15, -0.1) is 0 Å². The molecular weight excluding hydrogens is 292 g/mol. The summed E-state index contributed by atoms with van der Waals surface area (Å²) in [5.41, 5.74) is -0.430. The standard InChI is InChI=1S/C17H34N4O2/c1-6-18-15(19-7-2)20-11-10-14-9-8-12-21(13-14)16(22)23-17(3,4)5/h14H,6-13H2,1-5H3,(H2,18,19,20). The number of piperidine rings is 1. The van der Waals surface area contributed by atoms with Crippen molar-refractivity contribution in [1.29, 1.82) is 0 Å². The fourth-order valence-electron chi connectivity index (χ4n) is 2.66. The van der Waals surface area contributed by atoms with E-state index in [2.05, 4.69) is 29.5 Å². The Morgan fingerprint density at radius 1 is 1.26 bits per heavy atom. The van der Waals surface area contributed by atoms with Crippen molar-refractivity contribution >= 4 is 12.1 Å². The van der Waals surface area contributed by atoms with Crippen molar-refractivity contribution in [1.82, 2.24) is 15.5 Å². The second kappa shape index (κ2) is 9.63. The molecule has 0 aromatic rings. The molecule has 1 atom stereocenters. The van der Waals surface area contributed by atoms with Gasteiger partial charge in [-0.25, -0.2) is 4.79 Å². The predicted molar refractivity (Wildman–Crippen MR) is 94.8 cm³/mol. The first-order valence-electron chi connectivity index (χ1n) is 8.85. The monoisotopic (exact) mass is 326 g/mol. The van der Waals surface area contributed by atoms with Crippen molar-refractivity contribution in [3.05, 3.63) is 0 Å². The predicted octanol–water partition coefficient (Wildman–Crippen LogP) is 2.60. The van der Waals surface area contributed by atoms with Gasteiger partial charge in [0.15, 0.2) is 5.96 Å². The number of hydrogen-bond acceptors (Lipinski definition) is 3. The van der Waals surface area contributed by atoms with Gasteiger partial charge in [0.05, 0.1) is 0 Å². The smallest absolute Gasteiger partial charge is 0.410 e. The Morgan fingerprint density at radius 2 is 1.91 bits per heavy atom. The summed E-state index contributed by atoms with van der Waals surface area (Å²) in [4.78, 5) is 18.6. The normalized spacial score (nSPS) is 18.3. The Balaban J connectivity index is 2.43. The lowest BCUT2D eigenvalue weighted by Gasteiger charge is -2.34. The maximum Gasteiger partial charge on any atom is 0.410 e. The lowest BCUT2D eigenvalue weighted by molar-refractivity contribution is 0.0163. The van der Waals surface area contributed by atoms with Crippen molar-refractivity contribution in [3.8, 4) is 0 Å². The number of guanidine groups is 1. The van der Waals surface area contributed by atoms with Crippen LogP contribution in [-0.2, 0) is 4.74 Å². The average molecular weight is 326 g/mol. The number of ether oxygens (including phenoxy) is 1. The average Bonchev–Trinajstić information content (AvgIpc) is 2.46. The highest BCUT2D eigenvalue weighted by atomic mass is 16.6. The Hall–Kier alpha value is -1.46. The van der Waals surface area contributed by atoms with Crippen LogP contribution in [0.5, 0.6) is 0 Å². The van der Waals surface area contributed by atoms with Crippen LogP contribution in [0.1, 0.15) is 53.9 Å². The summed E-state index contributed by atoms with van der Waals surface area (Å²) in [5, 5.41) is 6.46. The second-order valence-electron chi connectivity index (χ2n) is 7.01. The number of nitrogens with one attached hydrogen (secondary N) is 2. The van der Waals surface area contributed by atoms with Crippen LogP contribution in [0.3, 0.4) is 0 Å². The largest absolute Gasteiger partial charge is 0.444 e. The van der Waals surface area contributed by atoms with Crippen molar-refractivity contribution < 1.29 is 9.53 Å². The number of likely N-dealkylation sites (tertiary alicyclic amines) is 1. The first-order chi connectivity index (χ1) is 10.9. The van der Waals surface area contributed by atoms with Crippen LogP contribution in [0.15, 0.2) is 4.99 Å². The molecule has 1 heterocycles. The van der Waals surface area contributed by atoms with E-state index in [1.54, 1.807) is 0 Å². The van der Waals surface area contributed by atoms with Gasteiger partial charge >= 0.3 is 6.09 Å². The fourth-order valence-corrected chi connectivity index (χ4v) is 2.66. The van der Waals surface area contributed by atoms with E-state index < -0.39 is 5.60 Å². The van der Waals surface area contributed by atoms with E-state index in [4.69, 9.17) is 4.74 Å². The van der Waals surface area contributed by atoms with E-state index in [1.807, 2.05) is 25.7 Å². The number of carbonyl (C=O) groups excluding carboxylic acids is 1. The molecule has 0 aliphatic carbocycles. The summed E-state index contributed by atoms with van der Waals surface area (Å²) in [6.45, 7) is 13.9. The van der Waals surface area contributed by atoms with E-state index in [1.165, 1.54) is 0 Å². The summed E-state index contributed by atoms with van der Waals surface area (Å²) < 4.78 is 5.47. The minimum Gasteiger partial charge on any atom is -0.444 e. The van der Waals surface area contributed by atoms with Crippen LogP contribution in [-0.4, -0.2) is 55.3 Å². The number of amides is 1. The van der Waals surface area contributed by atoms with Gasteiger partial charge < -0.3 is 20.3 Å². The summed E-state index contributed by atoms with van der Waals surface area (Å²) >= 11 is 0. The van der Waals surface area contributed by atoms with Gasteiger partial charge in [0, 0.05) is 32.7 Å². The Labute approximate surface area is 141 Å². The summed E-state index contributed by atoms with van der Waals surface area (Å²) in [5.74, 6) is 1.37. The van der Waals surface area contributed by atoms with Gasteiger partial charge in [0.25, 0.3) is 0 Å². The molecule has 1 aliphatic heterocycles. The number of aliphatic imine (C=N–C) groups is 1. The van der Waals surface area contributed by atoms with E-state index in [-0.39, 0.29) is 6.09 Å². The zero-order valence-electron chi connectivity index (χ0n) is 15.4. The van der Waals surface area contributed by atoms with E-state index >= 15 is 0 Å². The SMILES string of the molecule is CCNC(=NCCC1CCCN(C(=O)OC(C)(C)C)C1)NCC. The second-order valence-corrected chi connectivity index (χ2v) is 7.01. The highest BCUT2D eigenvalue weighted by Gasteiger charge is 2.27. The molecule has 1 aliphatic rings. The molecule has 0 aromatic carbocycles. The third-order valence-electron chi connectivity index (χ3n) is 3.67. The third kappa shape index (κ3) is 8.09. The van der Waals surface area contributed by atoms with Crippen LogP contribution < -0.4 is 10.6 Å². The molecule has 134 valence electrons. The molecule has 0 radical (unpaired) electrons. The quantitative estimate of drug-likeness (QED) is 0.602. The third-order valence-corrected chi connectivity index (χ3v) is 3.67. The van der Waals surface area contributed by atoms with E-state index in [9.17, 15) is 4.79 Å². The molecule has 1 unspecified atom stereocenters. The molecule has 0 bridgehead atoms. The maximum atomic E-state index is 12.2. The van der Waals surface area contributed by atoms with Crippen LogP contribution in [0.25, 0.3) is 0 Å². The lowest BCUT2D eigenvalue weighted by atomic mass is 9.95. The van der Waals surface area contributed by atoms with Crippen molar-refractivity contribution in [2.24, 2.45) is 10.9 Å². The minimum absolute atomic E-state index is 0.188. The molecule has 0 saturated carbocycles. The first kappa shape index (κ1) is 19.6. The molecule has 1 amide bonds. The van der Waals surface area contributed by atoms with Gasteiger partial charge in [0.1, 0.15) is 5.60 Å². The zero-order chi connectivity index (χ0) is 17.3. The highest BCUT2D eigenvalue weighted by Crippen LogP contribution is 2.21. The molecule has 2 N–H and O–H groups in total. The Bertz CT molecular complexity index is 383. The molecule has 0 aromatic heterocycles. The van der Waals surface area contributed by atoms with Gasteiger partial charge in [-0.3, -0.25) is 4.99 Å². The number of nitrogens with zero attached hydrogens (tertiary/aromatic N) is 2. The van der Waals surface area contributed by atoms with Gasteiger partial charge in [-0.2, -0.15) is 0 Å². The van der Waals surface area contributed by atoms with E-state index in [0.29, 0.717) is 5.92 Å². The Kier molecular flexibility index (Phi) is 8.20. The summed E-state index contributed by atoms with van der Waals surface area (Å²) in [7, 11) is 0. The summed E-state index contributed by atoms with van der Waals surface area (Å²) in [6.07, 6.45) is 3.01. The van der Waals surface area contributed by atoms with Crippen molar-refractivity contribution in [3.63, 3.8) is 0 Å². The fraction of sp³-hybridized carbons (Fsp3) is 0.882. The minimum atomic E-state index is -0.430. The topological polar surface area (TPSA) is 66.0 Å². The van der Waals surface area contributed by atoms with Crippen molar-refractivity contribution in [2.45, 2.75) is 59.5 Å². The van der Waals surface area contributed by atoms with Gasteiger partial charge in [-0.05, 0) is 59.8 Å². The molecule has 1 rings (SSSR count).